The fraction of sp³-hybridized carbons (Fsp3) is 0.632. The van der Waals surface area contributed by atoms with Crippen molar-refractivity contribution in [1.82, 2.24) is 0 Å². The van der Waals surface area contributed by atoms with Crippen molar-refractivity contribution in [3.8, 4) is 0 Å². The largest absolute Gasteiger partial charge is 0.466 e. The Balaban J connectivity index is 1.85. The van der Waals surface area contributed by atoms with E-state index in [1.165, 1.54) is 0 Å². The van der Waals surface area contributed by atoms with E-state index in [2.05, 4.69) is 15.9 Å². The minimum atomic E-state index is -3.28. The van der Waals surface area contributed by atoms with Gasteiger partial charge in [0.25, 0.3) is 0 Å². The Morgan fingerprint density at radius 2 is 1.96 bits per heavy atom. The highest BCUT2D eigenvalue weighted by molar-refractivity contribution is 9.10. The lowest BCUT2D eigenvalue weighted by molar-refractivity contribution is -0.145. The maximum Gasteiger partial charge on any atom is 0.313 e. The fourth-order valence-corrected chi connectivity index (χ4v) is 6.23. The van der Waals surface area contributed by atoms with E-state index < -0.39 is 9.84 Å². The zero-order valence-corrected chi connectivity index (χ0v) is 17.4. The highest BCUT2D eigenvalue weighted by Gasteiger charge is 2.38. The lowest BCUT2D eigenvalue weighted by Gasteiger charge is -2.26. The average molecular weight is 445 g/mol. The molecule has 0 amide bonds. The zero-order chi connectivity index (χ0) is 18.7. The SMILES string of the molecule is CCOC(=O)C(CC1CCOCC1)c1ccc(S(=O)(=O)C2CC2)c(Br)c1. The molecule has 1 saturated heterocycles. The maximum atomic E-state index is 12.5. The highest BCUT2D eigenvalue weighted by Crippen LogP contribution is 2.38. The Morgan fingerprint density at radius 3 is 2.54 bits per heavy atom. The van der Waals surface area contributed by atoms with E-state index in [0.717, 1.165) is 44.5 Å². The molecule has 1 aliphatic heterocycles. The highest BCUT2D eigenvalue weighted by atomic mass is 79.9. The summed E-state index contributed by atoms with van der Waals surface area (Å²) in [6.07, 6.45) is 4.03. The first-order chi connectivity index (χ1) is 12.4. The number of hydrogen-bond donors (Lipinski definition) is 0. The van der Waals surface area contributed by atoms with Crippen LogP contribution < -0.4 is 0 Å². The third-order valence-electron chi connectivity index (χ3n) is 5.11. The summed E-state index contributed by atoms with van der Waals surface area (Å²) in [5.74, 6) is -0.220. The predicted molar refractivity (Wildman–Crippen MR) is 102 cm³/mol. The molecule has 144 valence electrons. The van der Waals surface area contributed by atoms with Crippen LogP contribution in [0, 0.1) is 5.92 Å². The van der Waals surface area contributed by atoms with Crippen molar-refractivity contribution < 1.29 is 22.7 Å². The molecule has 1 aromatic rings. The van der Waals surface area contributed by atoms with E-state index in [1.54, 1.807) is 25.1 Å². The smallest absolute Gasteiger partial charge is 0.313 e. The molecular formula is C19H25BrO5S. The lowest BCUT2D eigenvalue weighted by atomic mass is 9.85. The Labute approximate surface area is 163 Å². The molecule has 1 atom stereocenters. The molecule has 1 saturated carbocycles. The summed E-state index contributed by atoms with van der Waals surface area (Å²) in [5, 5.41) is -0.257. The summed E-state index contributed by atoms with van der Waals surface area (Å²) in [6.45, 7) is 3.58. The standard InChI is InChI=1S/C19H25BrO5S/c1-2-25-19(21)16(11-13-7-9-24-10-8-13)14-3-6-18(17(20)12-14)26(22,23)15-4-5-15/h3,6,12-13,15-16H,2,4-5,7-11H2,1H3. The third-order valence-corrected chi connectivity index (χ3v) is 8.35. The minimum absolute atomic E-state index is 0.247. The molecular weight excluding hydrogens is 420 g/mol. The summed E-state index contributed by atoms with van der Waals surface area (Å²) in [7, 11) is -3.28. The van der Waals surface area contributed by atoms with Gasteiger partial charge in [-0.2, -0.15) is 0 Å². The number of hydrogen-bond acceptors (Lipinski definition) is 5. The summed E-state index contributed by atoms with van der Waals surface area (Å²) in [4.78, 5) is 12.9. The van der Waals surface area contributed by atoms with Gasteiger partial charge in [-0.1, -0.05) is 6.07 Å². The number of halogens is 1. The number of rotatable bonds is 7. The molecule has 0 bridgehead atoms. The molecule has 0 aromatic heterocycles. The molecule has 2 aliphatic rings. The van der Waals surface area contributed by atoms with Gasteiger partial charge >= 0.3 is 5.97 Å². The lowest BCUT2D eigenvalue weighted by Crippen LogP contribution is -2.23. The first-order valence-electron chi connectivity index (χ1n) is 9.21. The van der Waals surface area contributed by atoms with Crippen molar-refractivity contribution in [1.29, 1.82) is 0 Å². The number of carbonyl (C=O) groups excluding carboxylic acids is 1. The molecule has 1 aromatic carbocycles. The second-order valence-corrected chi connectivity index (χ2v) is 10.1. The van der Waals surface area contributed by atoms with Gasteiger partial charge in [0, 0.05) is 17.7 Å². The first-order valence-corrected chi connectivity index (χ1v) is 11.5. The molecule has 2 fully saturated rings. The minimum Gasteiger partial charge on any atom is -0.466 e. The van der Waals surface area contributed by atoms with Gasteiger partial charge in [0.2, 0.25) is 0 Å². The van der Waals surface area contributed by atoms with E-state index in [0.29, 0.717) is 28.3 Å². The maximum absolute atomic E-state index is 12.5. The van der Waals surface area contributed by atoms with E-state index in [9.17, 15) is 13.2 Å². The van der Waals surface area contributed by atoms with Gasteiger partial charge in [-0.3, -0.25) is 4.79 Å². The molecule has 0 N–H and O–H groups in total. The van der Waals surface area contributed by atoms with E-state index in [1.807, 2.05) is 0 Å². The molecule has 1 aliphatic carbocycles. The summed E-state index contributed by atoms with van der Waals surface area (Å²) >= 11 is 3.41. The predicted octanol–water partition coefficient (Wildman–Crippen LogP) is 3.85. The van der Waals surface area contributed by atoms with Crippen LogP contribution in [0.15, 0.2) is 27.6 Å². The van der Waals surface area contributed by atoms with Gasteiger partial charge in [-0.05, 0) is 78.6 Å². The molecule has 7 heteroatoms. The molecule has 5 nitrogen and oxygen atoms in total. The molecule has 0 spiro atoms. The quantitative estimate of drug-likeness (QED) is 0.597. The van der Waals surface area contributed by atoms with Gasteiger partial charge in [-0.25, -0.2) is 8.42 Å². The van der Waals surface area contributed by atoms with Crippen LogP contribution in [0.25, 0.3) is 0 Å². The number of carbonyl (C=O) groups is 1. The van der Waals surface area contributed by atoms with Crippen LogP contribution in [0.2, 0.25) is 0 Å². The molecule has 1 unspecified atom stereocenters. The number of esters is 1. The van der Waals surface area contributed by atoms with Crippen molar-refractivity contribution in [3.63, 3.8) is 0 Å². The van der Waals surface area contributed by atoms with Crippen LogP contribution >= 0.6 is 15.9 Å². The summed E-state index contributed by atoms with van der Waals surface area (Å²) in [5.41, 5.74) is 0.802. The van der Waals surface area contributed by atoms with Crippen molar-refractivity contribution >= 4 is 31.7 Å². The second kappa shape index (κ2) is 8.40. The van der Waals surface area contributed by atoms with Crippen LogP contribution in [0.3, 0.4) is 0 Å². The molecule has 1 heterocycles. The normalized spacial score (nSPS) is 19.9. The molecule has 26 heavy (non-hydrogen) atoms. The van der Waals surface area contributed by atoms with Gasteiger partial charge in [0.05, 0.1) is 22.7 Å². The number of sulfone groups is 1. The Kier molecular flexibility index (Phi) is 6.41. The Bertz CT molecular complexity index is 751. The molecule has 3 rings (SSSR count). The van der Waals surface area contributed by atoms with Gasteiger partial charge in [0.1, 0.15) is 0 Å². The Morgan fingerprint density at radius 1 is 1.27 bits per heavy atom. The Hall–Kier alpha value is -0.920. The van der Waals surface area contributed by atoms with Crippen molar-refractivity contribution in [2.75, 3.05) is 19.8 Å². The second-order valence-electron chi connectivity index (χ2n) is 7.03. The first kappa shape index (κ1) is 19.8. The summed E-state index contributed by atoms with van der Waals surface area (Å²) < 4.78 is 36.2. The van der Waals surface area contributed by atoms with E-state index in [-0.39, 0.29) is 17.1 Å². The van der Waals surface area contributed by atoms with Crippen molar-refractivity contribution in [3.05, 3.63) is 28.2 Å². The van der Waals surface area contributed by atoms with Crippen molar-refractivity contribution in [2.24, 2.45) is 5.92 Å². The van der Waals surface area contributed by atoms with E-state index in [4.69, 9.17) is 9.47 Å². The van der Waals surface area contributed by atoms with Gasteiger partial charge < -0.3 is 9.47 Å². The summed E-state index contributed by atoms with van der Waals surface area (Å²) in [6, 6.07) is 5.17. The van der Waals surface area contributed by atoms with Crippen LogP contribution in [0.1, 0.15) is 50.5 Å². The van der Waals surface area contributed by atoms with Crippen LogP contribution in [-0.2, 0) is 24.1 Å². The third kappa shape index (κ3) is 4.49. The average Bonchev–Trinajstić information content (AvgIpc) is 3.46. The number of ether oxygens (including phenoxy) is 2. The van der Waals surface area contributed by atoms with Crippen molar-refractivity contribution in [2.45, 2.75) is 55.1 Å². The van der Waals surface area contributed by atoms with Crippen LogP contribution in [0.5, 0.6) is 0 Å². The van der Waals surface area contributed by atoms with Gasteiger partial charge in [0.15, 0.2) is 9.84 Å². The van der Waals surface area contributed by atoms with Crippen LogP contribution in [-0.4, -0.2) is 39.5 Å². The molecule has 0 radical (unpaired) electrons. The van der Waals surface area contributed by atoms with Gasteiger partial charge in [-0.15, -0.1) is 0 Å². The topological polar surface area (TPSA) is 69.7 Å². The fourth-order valence-electron chi connectivity index (χ4n) is 3.45. The van der Waals surface area contributed by atoms with Crippen LogP contribution in [0.4, 0.5) is 0 Å². The monoisotopic (exact) mass is 444 g/mol. The zero-order valence-electron chi connectivity index (χ0n) is 14.9. The number of benzene rings is 1. The van der Waals surface area contributed by atoms with E-state index >= 15 is 0 Å².